The van der Waals surface area contributed by atoms with Crippen molar-refractivity contribution in [2.75, 3.05) is 33.1 Å². The molecule has 0 saturated carbocycles. The van der Waals surface area contributed by atoms with Crippen LogP contribution in [0.2, 0.25) is 0 Å². The highest BCUT2D eigenvalue weighted by molar-refractivity contribution is 9.10. The first-order valence-electron chi connectivity index (χ1n) is 9.41. The molecule has 1 N–H and O–H groups in total. The molecule has 0 aliphatic carbocycles. The number of carbonyl (C=O) groups excluding carboxylic acids is 1. The minimum atomic E-state index is -3.95. The molecule has 2 rings (SSSR count). The molecule has 0 aliphatic heterocycles. The van der Waals surface area contributed by atoms with Gasteiger partial charge in [-0.05, 0) is 52.0 Å². The number of anilines is 1. The fourth-order valence-electron chi connectivity index (χ4n) is 2.82. The van der Waals surface area contributed by atoms with Gasteiger partial charge in [0, 0.05) is 23.3 Å². The van der Waals surface area contributed by atoms with Crippen LogP contribution in [-0.2, 0) is 14.8 Å². The fourth-order valence-corrected chi connectivity index (χ4v) is 4.94. The first kappa shape index (κ1) is 24.2. The number of hydrogen-bond acceptors (Lipinski definition) is 5. The molecule has 1 amide bonds. The van der Waals surface area contributed by atoms with Crippen LogP contribution in [0.5, 0.6) is 11.5 Å². The highest BCUT2D eigenvalue weighted by Gasteiger charge is 2.27. The number of amides is 1. The number of likely N-dealkylation sites (N-methyl/N-ethyl adjacent to an activating group) is 1. The number of carbonyl (C=O) groups is 1. The van der Waals surface area contributed by atoms with Gasteiger partial charge in [-0.1, -0.05) is 26.0 Å². The van der Waals surface area contributed by atoms with Gasteiger partial charge in [0.25, 0.3) is 0 Å². The van der Waals surface area contributed by atoms with Gasteiger partial charge >= 0.3 is 0 Å². The first-order chi connectivity index (χ1) is 14.1. The second kappa shape index (κ2) is 10.3. The molecule has 0 aromatic heterocycles. The molecule has 0 radical (unpaired) electrons. The highest BCUT2D eigenvalue weighted by Crippen LogP contribution is 2.36. The summed E-state index contributed by atoms with van der Waals surface area (Å²) < 4.78 is 37.6. The molecule has 0 unspecified atom stereocenters. The van der Waals surface area contributed by atoms with E-state index in [4.69, 9.17) is 9.47 Å². The minimum Gasteiger partial charge on any atom is -0.493 e. The Kier molecular flexibility index (Phi) is 8.28. The second-order valence-corrected chi connectivity index (χ2v) is 9.75. The van der Waals surface area contributed by atoms with Crippen molar-refractivity contribution in [1.82, 2.24) is 4.31 Å². The van der Waals surface area contributed by atoms with Crippen molar-refractivity contribution in [3.05, 3.63) is 46.4 Å². The van der Waals surface area contributed by atoms with Crippen LogP contribution in [0.15, 0.2) is 45.8 Å². The Morgan fingerprint density at radius 2 is 1.70 bits per heavy atom. The van der Waals surface area contributed by atoms with Crippen LogP contribution in [0.3, 0.4) is 0 Å². The number of nitrogens with zero attached hydrogens (tertiary/aromatic N) is 1. The Hall–Kier alpha value is -2.10. The molecule has 0 spiro atoms. The molecule has 30 heavy (non-hydrogen) atoms. The third kappa shape index (κ3) is 5.53. The number of rotatable bonds is 9. The first-order valence-corrected chi connectivity index (χ1v) is 11.6. The van der Waals surface area contributed by atoms with Gasteiger partial charge in [0.2, 0.25) is 15.9 Å². The van der Waals surface area contributed by atoms with Crippen LogP contribution >= 0.6 is 15.9 Å². The number of ether oxygens (including phenoxy) is 2. The van der Waals surface area contributed by atoms with Gasteiger partial charge in [-0.25, -0.2) is 8.42 Å². The van der Waals surface area contributed by atoms with E-state index in [0.29, 0.717) is 21.8 Å². The zero-order valence-corrected chi connectivity index (χ0v) is 20.1. The zero-order valence-electron chi connectivity index (χ0n) is 17.7. The maximum absolute atomic E-state index is 13.0. The Balaban J connectivity index is 2.14. The summed E-state index contributed by atoms with van der Waals surface area (Å²) in [7, 11) is 0.291. The molecule has 0 heterocycles. The number of hydrogen-bond donors (Lipinski definition) is 1. The van der Waals surface area contributed by atoms with Gasteiger partial charge in [-0.15, -0.1) is 0 Å². The van der Waals surface area contributed by atoms with E-state index in [1.807, 2.05) is 24.3 Å². The summed E-state index contributed by atoms with van der Waals surface area (Å²) in [4.78, 5) is 12.4. The molecule has 0 bridgehead atoms. The summed E-state index contributed by atoms with van der Waals surface area (Å²) in [6, 6.07) is 10.4. The van der Waals surface area contributed by atoms with Crippen LogP contribution in [0.1, 0.15) is 31.7 Å². The summed E-state index contributed by atoms with van der Waals surface area (Å²) >= 11 is 3.26. The molecule has 2 aromatic carbocycles. The predicted molar refractivity (Wildman–Crippen MR) is 121 cm³/mol. The second-order valence-electron chi connectivity index (χ2n) is 6.88. The van der Waals surface area contributed by atoms with Gasteiger partial charge < -0.3 is 14.8 Å². The van der Waals surface area contributed by atoms with Crippen molar-refractivity contribution in [2.45, 2.75) is 31.1 Å². The lowest BCUT2D eigenvalue weighted by atomic mass is 9.99. The van der Waals surface area contributed by atoms with Gasteiger partial charge in [-0.2, -0.15) is 4.31 Å². The number of sulfonamides is 1. The fraction of sp³-hybridized carbons (Fsp3) is 0.381. The molecule has 0 aliphatic rings. The number of methoxy groups -OCH3 is 2. The number of halogens is 1. The average molecular weight is 499 g/mol. The van der Waals surface area contributed by atoms with Crippen molar-refractivity contribution < 1.29 is 22.7 Å². The molecule has 0 fully saturated rings. The summed E-state index contributed by atoms with van der Waals surface area (Å²) in [5, 5.41) is 2.73. The SMILES string of the molecule is CC[C@@H](C)c1ccc(NC(=O)CN(C)S(=O)(=O)c2cc(OC)c(OC)cc2Br)cc1. The van der Waals surface area contributed by atoms with Gasteiger partial charge in [0.15, 0.2) is 11.5 Å². The Bertz CT molecular complexity index is 993. The summed E-state index contributed by atoms with van der Waals surface area (Å²) in [5.74, 6) is 0.669. The average Bonchev–Trinajstić information content (AvgIpc) is 2.72. The Labute approximate surface area is 186 Å². The van der Waals surface area contributed by atoms with Crippen molar-refractivity contribution in [3.8, 4) is 11.5 Å². The van der Waals surface area contributed by atoms with E-state index in [2.05, 4.69) is 35.1 Å². The molecule has 9 heteroatoms. The quantitative estimate of drug-likeness (QED) is 0.558. The molecule has 1 atom stereocenters. The van der Waals surface area contributed by atoms with Crippen molar-refractivity contribution >= 4 is 37.5 Å². The smallest absolute Gasteiger partial charge is 0.244 e. The number of benzene rings is 2. The summed E-state index contributed by atoms with van der Waals surface area (Å²) in [6.07, 6.45) is 1.03. The van der Waals surface area contributed by atoms with E-state index in [0.717, 1.165) is 10.7 Å². The van der Waals surface area contributed by atoms with E-state index < -0.39 is 15.9 Å². The van der Waals surface area contributed by atoms with Crippen LogP contribution in [-0.4, -0.2) is 46.4 Å². The van der Waals surface area contributed by atoms with E-state index in [1.165, 1.54) is 39.0 Å². The largest absolute Gasteiger partial charge is 0.493 e. The van der Waals surface area contributed by atoms with E-state index in [1.54, 1.807) is 0 Å². The Morgan fingerprint density at radius 1 is 1.13 bits per heavy atom. The maximum atomic E-state index is 13.0. The molecule has 0 saturated heterocycles. The predicted octanol–water partition coefficient (Wildman–Crippen LogP) is 4.24. The molecule has 164 valence electrons. The maximum Gasteiger partial charge on any atom is 0.244 e. The van der Waals surface area contributed by atoms with Crippen LogP contribution < -0.4 is 14.8 Å². The summed E-state index contributed by atoms with van der Waals surface area (Å²) in [6.45, 7) is 3.92. The minimum absolute atomic E-state index is 0.0200. The standard InChI is InChI=1S/C21H27BrN2O5S/c1-6-14(2)15-7-9-16(10-8-15)23-21(25)13-24(3)30(26,27)20-12-19(29-5)18(28-4)11-17(20)22/h7-12,14H,6,13H2,1-5H3,(H,23,25)/t14-/m1/s1. The van der Waals surface area contributed by atoms with Crippen LogP contribution in [0.25, 0.3) is 0 Å². The summed E-state index contributed by atoms with van der Waals surface area (Å²) in [5.41, 5.74) is 1.80. The van der Waals surface area contributed by atoms with E-state index >= 15 is 0 Å². The van der Waals surface area contributed by atoms with Crippen LogP contribution in [0.4, 0.5) is 5.69 Å². The normalized spacial score (nSPS) is 12.5. The molecular weight excluding hydrogens is 472 g/mol. The molecular formula is C21H27BrN2O5S. The molecule has 7 nitrogen and oxygen atoms in total. The molecule has 2 aromatic rings. The monoisotopic (exact) mass is 498 g/mol. The van der Waals surface area contributed by atoms with Gasteiger partial charge in [-0.3, -0.25) is 4.79 Å². The van der Waals surface area contributed by atoms with E-state index in [9.17, 15) is 13.2 Å². The zero-order chi connectivity index (χ0) is 22.5. The third-order valence-electron chi connectivity index (χ3n) is 4.87. The third-order valence-corrected chi connectivity index (χ3v) is 7.63. The Morgan fingerprint density at radius 3 is 2.23 bits per heavy atom. The van der Waals surface area contributed by atoms with Crippen molar-refractivity contribution in [1.29, 1.82) is 0 Å². The van der Waals surface area contributed by atoms with Crippen molar-refractivity contribution in [3.63, 3.8) is 0 Å². The van der Waals surface area contributed by atoms with Crippen molar-refractivity contribution in [2.24, 2.45) is 0 Å². The van der Waals surface area contributed by atoms with Gasteiger partial charge in [0.1, 0.15) is 4.90 Å². The topological polar surface area (TPSA) is 84.9 Å². The van der Waals surface area contributed by atoms with Crippen LogP contribution in [0, 0.1) is 0 Å². The lowest BCUT2D eigenvalue weighted by molar-refractivity contribution is -0.116. The van der Waals surface area contributed by atoms with E-state index in [-0.39, 0.29) is 17.2 Å². The lowest BCUT2D eigenvalue weighted by Crippen LogP contribution is -2.35. The highest BCUT2D eigenvalue weighted by atomic mass is 79.9. The number of nitrogens with one attached hydrogen (secondary N) is 1. The van der Waals surface area contributed by atoms with Gasteiger partial charge in [0.05, 0.1) is 20.8 Å². The lowest BCUT2D eigenvalue weighted by Gasteiger charge is -2.19.